The summed E-state index contributed by atoms with van der Waals surface area (Å²) in [5, 5.41) is 22.3. The number of halogens is 5. The van der Waals surface area contributed by atoms with Crippen LogP contribution in [0.1, 0.15) is 37.5 Å². The van der Waals surface area contributed by atoms with Crippen LogP contribution in [0.25, 0.3) is 28.1 Å². The minimum atomic E-state index is -2.91. The lowest BCUT2D eigenvalue weighted by atomic mass is 10.0. The van der Waals surface area contributed by atoms with Crippen molar-refractivity contribution >= 4 is 23.2 Å². The Balaban J connectivity index is 1.37. The molecule has 194 valence electrons. The minimum Gasteiger partial charge on any atom is -0.263 e. The maximum atomic E-state index is 15.2. The van der Waals surface area contributed by atoms with Gasteiger partial charge in [0.05, 0.1) is 28.6 Å². The van der Waals surface area contributed by atoms with Gasteiger partial charge in [-0.3, -0.25) is 9.67 Å². The first-order chi connectivity index (χ1) is 18.4. The summed E-state index contributed by atoms with van der Waals surface area (Å²) in [6.45, 7) is -2.91. The maximum absolute atomic E-state index is 15.2. The fourth-order valence-electron chi connectivity index (χ4n) is 4.35. The zero-order valence-electron chi connectivity index (χ0n) is 19.3. The molecular weight excluding hydrogens is 544 g/mol. The van der Waals surface area contributed by atoms with Crippen molar-refractivity contribution in [1.29, 1.82) is 0 Å². The standard InChI is InChI=1S/C23H17Cl2F3N10/c24-15-4-6-17(37-11-30-33-35-37)19(20(15)26)13-3-5-16(29-8-13)18(7-12-1-2-12)36-10-14(9-31-36)21-22(25)32-34-38(21)23(27)28/h3-6,8-12,18,23H,1-2,7H2. The Bertz CT molecular complexity index is 1580. The molecule has 10 nitrogen and oxygen atoms in total. The third kappa shape index (κ3) is 4.52. The lowest BCUT2D eigenvalue weighted by Crippen LogP contribution is -2.14. The van der Waals surface area contributed by atoms with E-state index in [4.69, 9.17) is 23.2 Å². The van der Waals surface area contributed by atoms with Gasteiger partial charge in [-0.15, -0.1) is 10.2 Å². The Kier molecular flexibility index (Phi) is 6.32. The van der Waals surface area contributed by atoms with E-state index in [-0.39, 0.29) is 27.5 Å². The number of rotatable bonds is 8. The van der Waals surface area contributed by atoms with Crippen LogP contribution in [0.3, 0.4) is 0 Å². The van der Waals surface area contributed by atoms with Crippen LogP contribution in [-0.4, -0.2) is 50.0 Å². The molecule has 1 aliphatic carbocycles. The Hall–Kier alpha value is -3.84. The average molecular weight is 561 g/mol. The number of pyridine rings is 1. The quantitative estimate of drug-likeness (QED) is 0.250. The van der Waals surface area contributed by atoms with E-state index in [1.165, 1.54) is 23.3 Å². The normalized spacial score (nSPS) is 14.4. The molecule has 1 aliphatic rings. The molecule has 1 fully saturated rings. The van der Waals surface area contributed by atoms with Gasteiger partial charge in [0.1, 0.15) is 12.0 Å². The van der Waals surface area contributed by atoms with Crippen molar-refractivity contribution in [1.82, 2.24) is 50.0 Å². The van der Waals surface area contributed by atoms with E-state index in [0.29, 0.717) is 33.1 Å². The van der Waals surface area contributed by atoms with Crippen molar-refractivity contribution in [3.8, 4) is 28.1 Å². The van der Waals surface area contributed by atoms with Gasteiger partial charge in [-0.1, -0.05) is 47.3 Å². The van der Waals surface area contributed by atoms with E-state index < -0.39 is 12.4 Å². The fraction of sp³-hybridized carbons (Fsp3) is 0.261. The third-order valence-corrected chi connectivity index (χ3v) is 6.92. The average Bonchev–Trinajstić information content (AvgIpc) is 3.28. The first-order valence-electron chi connectivity index (χ1n) is 11.5. The number of hydrogen-bond acceptors (Lipinski definition) is 7. The number of nitrogens with zero attached hydrogens (tertiary/aromatic N) is 10. The fourth-order valence-corrected chi connectivity index (χ4v) is 4.74. The van der Waals surface area contributed by atoms with Gasteiger partial charge in [-0.25, -0.2) is 4.39 Å². The van der Waals surface area contributed by atoms with Gasteiger partial charge in [-0.05, 0) is 41.0 Å². The molecule has 6 rings (SSSR count). The minimum absolute atomic E-state index is 0.0204. The van der Waals surface area contributed by atoms with E-state index in [1.807, 2.05) is 0 Å². The molecule has 38 heavy (non-hydrogen) atoms. The van der Waals surface area contributed by atoms with Gasteiger partial charge in [0.15, 0.2) is 11.0 Å². The molecule has 1 aromatic carbocycles. The number of alkyl halides is 2. The molecule has 1 unspecified atom stereocenters. The summed E-state index contributed by atoms with van der Waals surface area (Å²) in [7, 11) is 0. The molecule has 4 heterocycles. The second kappa shape index (κ2) is 9.80. The van der Waals surface area contributed by atoms with Gasteiger partial charge in [0, 0.05) is 29.1 Å². The lowest BCUT2D eigenvalue weighted by molar-refractivity contribution is 0.0565. The van der Waals surface area contributed by atoms with Crippen LogP contribution in [-0.2, 0) is 0 Å². The summed E-state index contributed by atoms with van der Waals surface area (Å²) in [4.78, 5) is 4.63. The molecule has 0 bridgehead atoms. The van der Waals surface area contributed by atoms with Crippen molar-refractivity contribution in [3.63, 3.8) is 0 Å². The zero-order valence-corrected chi connectivity index (χ0v) is 20.8. The summed E-state index contributed by atoms with van der Waals surface area (Å²) < 4.78 is 45.4. The first-order valence-corrected chi connectivity index (χ1v) is 12.3. The van der Waals surface area contributed by atoms with Gasteiger partial charge < -0.3 is 0 Å². The van der Waals surface area contributed by atoms with Crippen molar-refractivity contribution in [2.24, 2.45) is 5.92 Å². The highest BCUT2D eigenvalue weighted by molar-refractivity contribution is 6.31. The molecular formula is C23H17Cl2F3N10. The molecule has 5 aromatic rings. The molecule has 0 amide bonds. The second-order valence-corrected chi connectivity index (χ2v) is 9.60. The number of aromatic nitrogens is 10. The topological polar surface area (TPSA) is 105 Å². The largest absolute Gasteiger partial charge is 0.335 e. The van der Waals surface area contributed by atoms with Crippen LogP contribution < -0.4 is 0 Å². The number of benzene rings is 1. The predicted octanol–water partition coefficient (Wildman–Crippen LogP) is 5.41. The monoisotopic (exact) mass is 560 g/mol. The first kappa shape index (κ1) is 24.5. The maximum Gasteiger partial charge on any atom is 0.335 e. The summed E-state index contributed by atoms with van der Waals surface area (Å²) in [6, 6.07) is 6.29. The van der Waals surface area contributed by atoms with Crippen LogP contribution in [0.4, 0.5) is 13.2 Å². The molecule has 15 heteroatoms. The van der Waals surface area contributed by atoms with Crippen molar-refractivity contribution in [2.75, 3.05) is 0 Å². The van der Waals surface area contributed by atoms with Gasteiger partial charge in [-0.2, -0.15) is 23.2 Å². The molecule has 1 atom stereocenters. The van der Waals surface area contributed by atoms with Gasteiger partial charge in [0.25, 0.3) is 0 Å². The number of hydrogen-bond donors (Lipinski definition) is 0. The highest BCUT2D eigenvalue weighted by atomic mass is 35.5. The van der Waals surface area contributed by atoms with Gasteiger partial charge in [0.2, 0.25) is 0 Å². The van der Waals surface area contributed by atoms with Crippen LogP contribution in [0, 0.1) is 11.7 Å². The van der Waals surface area contributed by atoms with Crippen LogP contribution in [0.5, 0.6) is 0 Å². The molecule has 0 N–H and O–H groups in total. The summed E-state index contributed by atoms with van der Waals surface area (Å²) >= 11 is 12.1. The van der Waals surface area contributed by atoms with E-state index in [0.717, 1.165) is 19.3 Å². The smallest absolute Gasteiger partial charge is 0.263 e. The van der Waals surface area contributed by atoms with Crippen molar-refractivity contribution < 1.29 is 13.2 Å². The Morgan fingerprint density at radius 2 is 1.87 bits per heavy atom. The van der Waals surface area contributed by atoms with E-state index in [9.17, 15) is 8.78 Å². The molecule has 1 saturated carbocycles. The highest BCUT2D eigenvalue weighted by Gasteiger charge is 2.30. The van der Waals surface area contributed by atoms with Crippen LogP contribution in [0.15, 0.2) is 49.2 Å². The Labute approximate surface area is 223 Å². The van der Waals surface area contributed by atoms with Crippen molar-refractivity contribution in [2.45, 2.75) is 31.9 Å². The molecule has 0 saturated heterocycles. The summed E-state index contributed by atoms with van der Waals surface area (Å²) in [5.41, 5.74) is 2.08. The SMILES string of the molecule is Fc1c(Cl)ccc(-n2cnnn2)c1-c1ccc(C(CC2CC2)n2cc(-c3c(Cl)nnn3C(F)F)cn2)nc1. The number of tetrazole rings is 1. The summed E-state index contributed by atoms with van der Waals surface area (Å²) in [6.07, 6.45) is 8.88. The molecule has 0 radical (unpaired) electrons. The zero-order chi connectivity index (χ0) is 26.4. The highest BCUT2D eigenvalue weighted by Crippen LogP contribution is 2.40. The van der Waals surface area contributed by atoms with Crippen LogP contribution in [0.2, 0.25) is 10.2 Å². The molecule has 0 spiro atoms. The Morgan fingerprint density at radius 3 is 2.55 bits per heavy atom. The van der Waals surface area contributed by atoms with Gasteiger partial charge >= 0.3 is 6.55 Å². The van der Waals surface area contributed by atoms with E-state index in [1.54, 1.807) is 35.3 Å². The van der Waals surface area contributed by atoms with E-state index >= 15 is 4.39 Å². The second-order valence-electron chi connectivity index (χ2n) is 8.84. The summed E-state index contributed by atoms with van der Waals surface area (Å²) in [5.74, 6) is -0.135. The molecule has 4 aromatic heterocycles. The Morgan fingerprint density at radius 1 is 1.03 bits per heavy atom. The third-order valence-electron chi connectivity index (χ3n) is 6.37. The lowest BCUT2D eigenvalue weighted by Gasteiger charge is -2.18. The van der Waals surface area contributed by atoms with Crippen LogP contribution >= 0.6 is 23.2 Å². The predicted molar refractivity (Wildman–Crippen MR) is 130 cm³/mol. The molecule has 0 aliphatic heterocycles. The van der Waals surface area contributed by atoms with E-state index in [2.05, 4.69) is 35.9 Å². The van der Waals surface area contributed by atoms with Crippen molar-refractivity contribution in [3.05, 3.63) is 70.9 Å².